The Labute approximate surface area is 142 Å². The smallest absolute Gasteiger partial charge is 0.308 e. The van der Waals surface area contributed by atoms with Gasteiger partial charge in [0, 0.05) is 17.4 Å². The van der Waals surface area contributed by atoms with Crippen molar-refractivity contribution in [3.63, 3.8) is 0 Å². The van der Waals surface area contributed by atoms with E-state index in [1.807, 2.05) is 25.1 Å². The Morgan fingerprint density at radius 3 is 2.04 bits per heavy atom. The van der Waals surface area contributed by atoms with Crippen LogP contribution in [-0.2, 0) is 10.0 Å². The molecule has 1 atom stereocenters. The Kier molecular flexibility index (Phi) is 5.94. The second kappa shape index (κ2) is 7.94. The molecule has 2 aromatic rings. The van der Waals surface area contributed by atoms with Gasteiger partial charge in [0.2, 0.25) is 10.0 Å². The molecule has 2 amide bonds. The highest BCUT2D eigenvalue weighted by Crippen LogP contribution is 2.15. The van der Waals surface area contributed by atoms with Crippen molar-refractivity contribution >= 4 is 27.4 Å². The molecule has 3 N–H and O–H groups in total. The monoisotopic (exact) mass is 347 g/mol. The van der Waals surface area contributed by atoms with E-state index in [0.717, 1.165) is 0 Å². The fourth-order valence-corrected chi connectivity index (χ4v) is 3.28. The van der Waals surface area contributed by atoms with E-state index in [1.54, 1.807) is 31.2 Å². The van der Waals surface area contributed by atoms with Gasteiger partial charge < -0.3 is 10.6 Å². The van der Waals surface area contributed by atoms with Crippen molar-refractivity contribution in [2.45, 2.75) is 31.2 Å². The minimum atomic E-state index is -3.54. The zero-order chi connectivity index (χ0) is 17.6. The summed E-state index contributed by atoms with van der Waals surface area (Å²) in [5, 5.41) is 5.34. The van der Waals surface area contributed by atoms with Crippen molar-refractivity contribution in [3.8, 4) is 0 Å². The summed E-state index contributed by atoms with van der Waals surface area (Å²) in [7, 11) is -3.54. The van der Waals surface area contributed by atoms with Crippen LogP contribution in [0.15, 0.2) is 59.5 Å². The molecule has 24 heavy (non-hydrogen) atoms. The molecule has 0 saturated heterocycles. The minimum absolute atomic E-state index is 0.135. The minimum Gasteiger partial charge on any atom is -0.308 e. The number of carbonyl (C=O) groups excluding carboxylic acids is 1. The lowest BCUT2D eigenvalue weighted by Gasteiger charge is -2.12. The van der Waals surface area contributed by atoms with Crippen molar-refractivity contribution < 1.29 is 13.2 Å². The first kappa shape index (κ1) is 18.0. The van der Waals surface area contributed by atoms with E-state index in [0.29, 0.717) is 17.8 Å². The first-order chi connectivity index (χ1) is 11.4. The second-order valence-corrected chi connectivity index (χ2v) is 7.11. The van der Waals surface area contributed by atoms with Gasteiger partial charge in [0.1, 0.15) is 0 Å². The molecule has 0 bridgehead atoms. The standard InChI is InChI=1S/C17H21N3O3S/c1-3-13(2)20-24(22,23)16-11-9-15(10-12-16)19-17(21)18-14-7-5-4-6-8-14/h4-13,20H,3H2,1-2H3,(H2,18,19,21)/t13-/m1/s1. The number of nitrogens with one attached hydrogen (secondary N) is 3. The van der Waals surface area contributed by atoms with Crippen molar-refractivity contribution in [2.75, 3.05) is 10.6 Å². The molecule has 0 fully saturated rings. The van der Waals surface area contributed by atoms with Gasteiger partial charge in [-0.3, -0.25) is 0 Å². The Balaban J connectivity index is 2.00. The Bertz CT molecular complexity index is 774. The second-order valence-electron chi connectivity index (χ2n) is 5.40. The number of hydrogen-bond acceptors (Lipinski definition) is 3. The fourth-order valence-electron chi connectivity index (χ4n) is 1.95. The highest BCUT2D eigenvalue weighted by Gasteiger charge is 2.16. The van der Waals surface area contributed by atoms with E-state index in [4.69, 9.17) is 0 Å². The van der Waals surface area contributed by atoms with E-state index in [1.165, 1.54) is 12.1 Å². The fraction of sp³-hybridized carbons (Fsp3) is 0.235. The SMILES string of the molecule is CC[C@@H](C)NS(=O)(=O)c1ccc(NC(=O)Nc2ccccc2)cc1. The third-order valence-corrected chi connectivity index (χ3v) is 5.03. The van der Waals surface area contributed by atoms with Gasteiger partial charge in [-0.1, -0.05) is 25.1 Å². The van der Waals surface area contributed by atoms with Crippen LogP contribution < -0.4 is 15.4 Å². The Morgan fingerprint density at radius 1 is 0.958 bits per heavy atom. The predicted octanol–water partition coefficient (Wildman–Crippen LogP) is 3.41. The van der Waals surface area contributed by atoms with Crippen molar-refractivity contribution in [1.29, 1.82) is 0 Å². The molecule has 0 aliphatic heterocycles. The lowest BCUT2D eigenvalue weighted by atomic mass is 10.3. The normalized spacial score (nSPS) is 12.4. The van der Waals surface area contributed by atoms with Gasteiger partial charge in [-0.05, 0) is 49.7 Å². The van der Waals surface area contributed by atoms with Gasteiger partial charge in [-0.2, -0.15) is 0 Å². The number of carbonyl (C=O) groups is 1. The van der Waals surface area contributed by atoms with Crippen LogP contribution >= 0.6 is 0 Å². The number of sulfonamides is 1. The maximum absolute atomic E-state index is 12.2. The van der Waals surface area contributed by atoms with Crippen LogP contribution in [0, 0.1) is 0 Å². The van der Waals surface area contributed by atoms with Crippen molar-refractivity contribution in [1.82, 2.24) is 4.72 Å². The molecule has 6 nitrogen and oxygen atoms in total. The first-order valence-corrected chi connectivity index (χ1v) is 9.14. The molecule has 0 unspecified atom stereocenters. The third kappa shape index (κ3) is 5.07. The molecule has 0 radical (unpaired) electrons. The van der Waals surface area contributed by atoms with Gasteiger partial charge in [0.05, 0.1) is 4.90 Å². The third-order valence-electron chi connectivity index (χ3n) is 3.42. The van der Waals surface area contributed by atoms with E-state index in [-0.39, 0.29) is 10.9 Å². The van der Waals surface area contributed by atoms with Gasteiger partial charge >= 0.3 is 6.03 Å². The van der Waals surface area contributed by atoms with Crippen LogP contribution in [0.25, 0.3) is 0 Å². The molecule has 0 aliphatic rings. The number of rotatable bonds is 6. The van der Waals surface area contributed by atoms with Gasteiger partial charge in [0.15, 0.2) is 0 Å². The Morgan fingerprint density at radius 2 is 1.50 bits per heavy atom. The average Bonchev–Trinajstić information content (AvgIpc) is 2.55. The van der Waals surface area contributed by atoms with Crippen LogP contribution in [-0.4, -0.2) is 20.5 Å². The Hall–Kier alpha value is -2.38. The molecular weight excluding hydrogens is 326 g/mol. The van der Waals surface area contributed by atoms with Crippen LogP contribution in [0.1, 0.15) is 20.3 Å². The van der Waals surface area contributed by atoms with Crippen LogP contribution in [0.4, 0.5) is 16.2 Å². The highest BCUT2D eigenvalue weighted by molar-refractivity contribution is 7.89. The molecule has 7 heteroatoms. The van der Waals surface area contributed by atoms with E-state index >= 15 is 0 Å². The lowest BCUT2D eigenvalue weighted by Crippen LogP contribution is -2.31. The van der Waals surface area contributed by atoms with Gasteiger partial charge in [-0.25, -0.2) is 17.9 Å². The van der Waals surface area contributed by atoms with E-state index in [9.17, 15) is 13.2 Å². The number of benzene rings is 2. The number of urea groups is 1. The summed E-state index contributed by atoms with van der Waals surface area (Å²) < 4.78 is 26.9. The first-order valence-electron chi connectivity index (χ1n) is 7.66. The van der Waals surface area contributed by atoms with E-state index < -0.39 is 16.1 Å². The zero-order valence-electron chi connectivity index (χ0n) is 13.6. The summed E-state index contributed by atoms with van der Waals surface area (Å²) in [6.07, 6.45) is 0.707. The number of para-hydroxylation sites is 1. The van der Waals surface area contributed by atoms with Crippen LogP contribution in [0.3, 0.4) is 0 Å². The maximum atomic E-state index is 12.2. The highest BCUT2D eigenvalue weighted by atomic mass is 32.2. The summed E-state index contributed by atoms with van der Waals surface area (Å²) in [5.74, 6) is 0. The molecule has 0 spiro atoms. The number of anilines is 2. The molecule has 0 heterocycles. The molecule has 0 aromatic heterocycles. The average molecular weight is 347 g/mol. The van der Waals surface area contributed by atoms with Crippen molar-refractivity contribution in [3.05, 3.63) is 54.6 Å². The summed E-state index contributed by atoms with van der Waals surface area (Å²) in [5.41, 5.74) is 1.18. The van der Waals surface area contributed by atoms with Crippen molar-refractivity contribution in [2.24, 2.45) is 0 Å². The molecule has 0 aliphatic carbocycles. The summed E-state index contributed by atoms with van der Waals surface area (Å²) in [6.45, 7) is 3.72. The topological polar surface area (TPSA) is 87.3 Å². The number of amides is 2. The summed E-state index contributed by atoms with van der Waals surface area (Å²) in [6, 6.07) is 14.5. The lowest BCUT2D eigenvalue weighted by molar-refractivity contribution is 0.262. The quantitative estimate of drug-likeness (QED) is 0.748. The molecule has 128 valence electrons. The van der Waals surface area contributed by atoms with Crippen LogP contribution in [0.2, 0.25) is 0 Å². The molecule has 2 rings (SSSR count). The van der Waals surface area contributed by atoms with E-state index in [2.05, 4.69) is 15.4 Å². The predicted molar refractivity (Wildman–Crippen MR) is 95.6 cm³/mol. The summed E-state index contributed by atoms with van der Waals surface area (Å²) >= 11 is 0. The zero-order valence-corrected chi connectivity index (χ0v) is 14.4. The number of hydrogen-bond donors (Lipinski definition) is 3. The molecule has 0 saturated carbocycles. The maximum Gasteiger partial charge on any atom is 0.323 e. The van der Waals surface area contributed by atoms with Crippen LogP contribution in [0.5, 0.6) is 0 Å². The largest absolute Gasteiger partial charge is 0.323 e. The molecule has 2 aromatic carbocycles. The molecular formula is C17H21N3O3S. The van der Waals surface area contributed by atoms with Gasteiger partial charge in [0.25, 0.3) is 0 Å². The van der Waals surface area contributed by atoms with Gasteiger partial charge in [-0.15, -0.1) is 0 Å². The summed E-state index contributed by atoms with van der Waals surface area (Å²) in [4.78, 5) is 12.1.